The van der Waals surface area contributed by atoms with E-state index in [-0.39, 0.29) is 0 Å². The Bertz CT molecular complexity index is 439. The van der Waals surface area contributed by atoms with Gasteiger partial charge in [0.1, 0.15) is 0 Å². The predicted molar refractivity (Wildman–Crippen MR) is 66.6 cm³/mol. The molecule has 84 valence electrons. The number of hydrogen-bond acceptors (Lipinski definition) is 4. The highest BCUT2D eigenvalue weighted by Crippen LogP contribution is 2.24. The quantitative estimate of drug-likeness (QED) is 0.881. The van der Waals surface area contributed by atoms with Gasteiger partial charge < -0.3 is 5.32 Å². The Morgan fingerprint density at radius 2 is 2.38 bits per heavy atom. The fraction of sp³-hybridized carbons (Fsp3) is 0.333. The number of pyridine rings is 1. The van der Waals surface area contributed by atoms with Gasteiger partial charge in [0, 0.05) is 23.3 Å². The van der Waals surface area contributed by atoms with Gasteiger partial charge in [-0.05, 0) is 32.0 Å². The second kappa shape index (κ2) is 5.18. The highest BCUT2D eigenvalue weighted by atomic mass is 32.1. The minimum absolute atomic E-state index is 0.330. The number of nitrogens with zero attached hydrogens (tertiary/aromatic N) is 2. The zero-order valence-corrected chi connectivity index (χ0v) is 10.3. The van der Waals surface area contributed by atoms with Gasteiger partial charge in [-0.25, -0.2) is 4.98 Å². The Labute approximate surface area is 99.6 Å². The highest BCUT2D eigenvalue weighted by Gasteiger charge is 2.14. The first-order valence-electron chi connectivity index (χ1n) is 5.27. The van der Waals surface area contributed by atoms with E-state index in [4.69, 9.17) is 0 Å². The lowest BCUT2D eigenvalue weighted by molar-refractivity contribution is 0.597. The van der Waals surface area contributed by atoms with Gasteiger partial charge in [-0.3, -0.25) is 4.98 Å². The minimum atomic E-state index is 0.330. The Morgan fingerprint density at radius 3 is 2.94 bits per heavy atom. The molecule has 0 aliphatic rings. The molecule has 0 aliphatic carbocycles. The molecule has 4 heteroatoms. The fourth-order valence-corrected chi connectivity index (χ4v) is 2.64. The van der Waals surface area contributed by atoms with Crippen molar-refractivity contribution in [2.24, 2.45) is 0 Å². The number of likely N-dealkylation sites (N-methyl/N-ethyl adjacent to an activating group) is 1. The van der Waals surface area contributed by atoms with Crippen molar-refractivity contribution >= 4 is 11.3 Å². The van der Waals surface area contributed by atoms with Crippen molar-refractivity contribution in [2.45, 2.75) is 19.4 Å². The number of hydrogen-bond donors (Lipinski definition) is 1. The molecule has 0 bridgehead atoms. The molecule has 2 rings (SSSR count). The summed E-state index contributed by atoms with van der Waals surface area (Å²) in [6.45, 7) is 2.05. The van der Waals surface area contributed by atoms with Crippen LogP contribution in [-0.4, -0.2) is 17.0 Å². The van der Waals surface area contributed by atoms with Gasteiger partial charge in [-0.2, -0.15) is 0 Å². The number of rotatable bonds is 4. The molecule has 16 heavy (non-hydrogen) atoms. The molecule has 1 N–H and O–H groups in total. The highest BCUT2D eigenvalue weighted by molar-refractivity contribution is 7.09. The second-order valence-electron chi connectivity index (χ2n) is 3.71. The average Bonchev–Trinajstić information content (AvgIpc) is 2.74. The second-order valence-corrected chi connectivity index (χ2v) is 4.60. The molecule has 0 saturated carbocycles. The van der Waals surface area contributed by atoms with Crippen molar-refractivity contribution in [1.29, 1.82) is 0 Å². The van der Waals surface area contributed by atoms with Gasteiger partial charge >= 0.3 is 0 Å². The van der Waals surface area contributed by atoms with E-state index in [1.54, 1.807) is 17.5 Å². The Hall–Kier alpha value is -1.26. The van der Waals surface area contributed by atoms with Gasteiger partial charge in [-0.15, -0.1) is 11.3 Å². The van der Waals surface area contributed by atoms with E-state index >= 15 is 0 Å². The third-order valence-electron chi connectivity index (χ3n) is 2.61. The van der Waals surface area contributed by atoms with E-state index in [1.165, 1.54) is 10.4 Å². The molecule has 0 saturated heterocycles. The number of aryl methyl sites for hydroxylation is 1. The lowest BCUT2D eigenvalue weighted by Crippen LogP contribution is -2.18. The van der Waals surface area contributed by atoms with Crippen LogP contribution in [0.2, 0.25) is 0 Å². The maximum absolute atomic E-state index is 4.29. The van der Waals surface area contributed by atoms with Crippen LogP contribution >= 0.6 is 11.3 Å². The third kappa shape index (κ3) is 2.46. The molecule has 0 aromatic carbocycles. The molecule has 0 aliphatic heterocycles. The normalized spacial score (nSPS) is 12.6. The Kier molecular flexibility index (Phi) is 3.64. The molecule has 0 fully saturated rings. The summed E-state index contributed by atoms with van der Waals surface area (Å²) in [6.07, 6.45) is 4.67. The van der Waals surface area contributed by atoms with Crippen molar-refractivity contribution in [3.05, 3.63) is 46.2 Å². The average molecular weight is 233 g/mol. The molecule has 0 radical (unpaired) electrons. The summed E-state index contributed by atoms with van der Waals surface area (Å²) in [5.74, 6) is 0. The van der Waals surface area contributed by atoms with Crippen LogP contribution in [0.5, 0.6) is 0 Å². The molecule has 1 unspecified atom stereocenters. The molecule has 1 atom stereocenters. The number of aromatic nitrogens is 2. The third-order valence-corrected chi connectivity index (χ3v) is 3.65. The van der Waals surface area contributed by atoms with Crippen molar-refractivity contribution in [3.63, 3.8) is 0 Å². The first-order chi connectivity index (χ1) is 7.81. The van der Waals surface area contributed by atoms with Crippen molar-refractivity contribution in [3.8, 4) is 0 Å². The van der Waals surface area contributed by atoms with Crippen molar-refractivity contribution in [1.82, 2.24) is 15.3 Å². The van der Waals surface area contributed by atoms with E-state index in [0.717, 1.165) is 12.1 Å². The van der Waals surface area contributed by atoms with Gasteiger partial charge in [0.25, 0.3) is 0 Å². The predicted octanol–water partition coefficient (Wildman–Crippen LogP) is 2.35. The van der Waals surface area contributed by atoms with Crippen LogP contribution in [0.25, 0.3) is 0 Å². The standard InChI is InChI=1S/C12H15N3S/c1-9-12(16-8-15-9)11(13-2)6-10-4-3-5-14-7-10/h3-5,7-8,11,13H,6H2,1-2H3. The smallest absolute Gasteiger partial charge is 0.0798 e. The number of nitrogens with one attached hydrogen (secondary N) is 1. The van der Waals surface area contributed by atoms with Gasteiger partial charge in [0.15, 0.2) is 0 Å². The van der Waals surface area contributed by atoms with Crippen LogP contribution in [0.4, 0.5) is 0 Å². The van der Waals surface area contributed by atoms with E-state index in [1.807, 2.05) is 24.8 Å². The van der Waals surface area contributed by atoms with E-state index in [2.05, 4.69) is 28.3 Å². The molecular formula is C12H15N3S. The summed E-state index contributed by atoms with van der Waals surface area (Å²) in [5, 5.41) is 3.34. The SMILES string of the molecule is CNC(Cc1cccnc1)c1scnc1C. The summed E-state index contributed by atoms with van der Waals surface area (Å²) in [6, 6.07) is 4.41. The lowest BCUT2D eigenvalue weighted by atomic mass is 10.1. The van der Waals surface area contributed by atoms with Crippen LogP contribution in [0.1, 0.15) is 22.2 Å². The summed E-state index contributed by atoms with van der Waals surface area (Å²) < 4.78 is 0. The molecule has 2 aromatic rings. The van der Waals surface area contributed by atoms with Crippen LogP contribution in [0, 0.1) is 6.92 Å². The van der Waals surface area contributed by atoms with Crippen LogP contribution in [0.15, 0.2) is 30.0 Å². The molecule has 2 aromatic heterocycles. The number of thiazole rings is 1. The molecular weight excluding hydrogens is 218 g/mol. The van der Waals surface area contributed by atoms with E-state index < -0.39 is 0 Å². The van der Waals surface area contributed by atoms with Crippen LogP contribution in [0.3, 0.4) is 0 Å². The zero-order valence-electron chi connectivity index (χ0n) is 9.47. The maximum Gasteiger partial charge on any atom is 0.0798 e. The van der Waals surface area contributed by atoms with Gasteiger partial charge in [0.2, 0.25) is 0 Å². The van der Waals surface area contributed by atoms with E-state index in [0.29, 0.717) is 6.04 Å². The van der Waals surface area contributed by atoms with Crippen LogP contribution < -0.4 is 5.32 Å². The molecule has 0 amide bonds. The zero-order chi connectivity index (χ0) is 11.4. The minimum Gasteiger partial charge on any atom is -0.312 e. The summed E-state index contributed by atoms with van der Waals surface area (Å²) >= 11 is 1.71. The van der Waals surface area contributed by atoms with Crippen LogP contribution in [-0.2, 0) is 6.42 Å². The van der Waals surface area contributed by atoms with E-state index in [9.17, 15) is 0 Å². The van der Waals surface area contributed by atoms with Gasteiger partial charge in [0.05, 0.1) is 11.2 Å². The first-order valence-corrected chi connectivity index (χ1v) is 6.15. The largest absolute Gasteiger partial charge is 0.312 e. The molecule has 0 spiro atoms. The molecule has 3 nitrogen and oxygen atoms in total. The summed E-state index contributed by atoms with van der Waals surface area (Å²) in [5.41, 5.74) is 4.26. The monoisotopic (exact) mass is 233 g/mol. The van der Waals surface area contributed by atoms with Crippen molar-refractivity contribution in [2.75, 3.05) is 7.05 Å². The van der Waals surface area contributed by atoms with Crippen molar-refractivity contribution < 1.29 is 0 Å². The fourth-order valence-electron chi connectivity index (χ4n) is 1.73. The Morgan fingerprint density at radius 1 is 1.50 bits per heavy atom. The lowest BCUT2D eigenvalue weighted by Gasteiger charge is -2.14. The molecule has 2 heterocycles. The summed E-state index contributed by atoms with van der Waals surface area (Å²) in [7, 11) is 1.99. The first kappa shape index (κ1) is 11.2. The maximum atomic E-state index is 4.29. The topological polar surface area (TPSA) is 37.8 Å². The van der Waals surface area contributed by atoms with Gasteiger partial charge in [-0.1, -0.05) is 6.07 Å². The summed E-state index contributed by atoms with van der Waals surface area (Å²) in [4.78, 5) is 9.74. The Balaban J connectivity index is 2.16.